The van der Waals surface area contributed by atoms with E-state index in [0.717, 1.165) is 5.56 Å². The summed E-state index contributed by atoms with van der Waals surface area (Å²) < 4.78 is 6.69. The molecule has 0 aliphatic rings. The summed E-state index contributed by atoms with van der Waals surface area (Å²) in [6.07, 6.45) is 4.72. The maximum Gasteiger partial charge on any atom is 0.343 e. The highest BCUT2D eigenvalue weighted by Gasteiger charge is 2.19. The molecule has 0 unspecified atom stereocenters. The van der Waals surface area contributed by atoms with Gasteiger partial charge in [-0.1, -0.05) is 48.5 Å². The third-order valence-electron chi connectivity index (χ3n) is 3.94. The molecule has 6 heteroatoms. The number of amides is 1. The van der Waals surface area contributed by atoms with Crippen molar-refractivity contribution in [1.82, 2.24) is 14.9 Å². The van der Waals surface area contributed by atoms with Gasteiger partial charge in [0.25, 0.3) is 5.91 Å². The first-order valence-corrected chi connectivity index (χ1v) is 8.39. The molecule has 1 aromatic heterocycles. The van der Waals surface area contributed by atoms with E-state index in [2.05, 4.69) is 10.3 Å². The molecule has 0 bridgehead atoms. The minimum Gasteiger partial charge on any atom is -0.465 e. The van der Waals surface area contributed by atoms with Gasteiger partial charge in [0, 0.05) is 30.7 Å². The van der Waals surface area contributed by atoms with Crippen LogP contribution in [0.4, 0.5) is 0 Å². The van der Waals surface area contributed by atoms with Crippen LogP contribution in [0.5, 0.6) is 0 Å². The predicted molar refractivity (Wildman–Crippen MR) is 102 cm³/mol. The van der Waals surface area contributed by atoms with Crippen LogP contribution < -0.4 is 5.32 Å². The number of nitrogens with one attached hydrogen (secondary N) is 1. The van der Waals surface area contributed by atoms with Gasteiger partial charge in [-0.2, -0.15) is 0 Å². The highest BCUT2D eigenvalue weighted by molar-refractivity contribution is 6.15. The Hall–Kier alpha value is -3.67. The summed E-state index contributed by atoms with van der Waals surface area (Å²) in [4.78, 5) is 28.8. The first kappa shape index (κ1) is 18.1. The van der Waals surface area contributed by atoms with E-state index in [4.69, 9.17) is 4.74 Å². The quantitative estimate of drug-likeness (QED) is 0.541. The molecule has 6 nitrogen and oxygen atoms in total. The van der Waals surface area contributed by atoms with Crippen LogP contribution in [-0.2, 0) is 16.1 Å². The molecule has 136 valence electrons. The van der Waals surface area contributed by atoms with Crippen molar-refractivity contribution in [3.05, 3.63) is 96.2 Å². The van der Waals surface area contributed by atoms with Gasteiger partial charge in [-0.3, -0.25) is 4.79 Å². The summed E-state index contributed by atoms with van der Waals surface area (Å²) in [7, 11) is 1.29. The second-order valence-electron chi connectivity index (χ2n) is 5.75. The highest BCUT2D eigenvalue weighted by atomic mass is 16.5. The lowest BCUT2D eigenvalue weighted by atomic mass is 10.2. The number of esters is 1. The zero-order chi connectivity index (χ0) is 19.1. The van der Waals surface area contributed by atoms with Gasteiger partial charge in [-0.15, -0.1) is 0 Å². The lowest BCUT2D eigenvalue weighted by Gasteiger charge is -2.10. The van der Waals surface area contributed by atoms with E-state index in [9.17, 15) is 9.59 Å². The van der Waals surface area contributed by atoms with Crippen LogP contribution in [0, 0.1) is 0 Å². The minimum absolute atomic E-state index is 0.169. The molecular formula is C21H19N3O3. The number of hydrogen-bond donors (Lipinski definition) is 1. The maximum atomic E-state index is 12.3. The Balaban J connectivity index is 1.87. The number of methoxy groups -OCH3 is 1. The molecule has 27 heavy (non-hydrogen) atoms. The topological polar surface area (TPSA) is 73.2 Å². The lowest BCUT2D eigenvalue weighted by Crippen LogP contribution is -2.20. The molecule has 3 aromatic rings. The number of imidazole rings is 1. The number of carbonyl (C=O) groups is 2. The van der Waals surface area contributed by atoms with Gasteiger partial charge in [-0.25, -0.2) is 9.78 Å². The number of benzene rings is 2. The predicted octanol–water partition coefficient (Wildman–Crippen LogP) is 2.88. The molecule has 1 amide bonds. The fourth-order valence-electron chi connectivity index (χ4n) is 2.60. The summed E-state index contributed by atoms with van der Waals surface area (Å²) in [6, 6.07) is 18.6. The molecule has 0 saturated heterocycles. The standard InChI is InChI=1S/C21H19N3O3/c1-27-21(26)18(14-23-20(25)17-10-6-3-7-11-17)19-22-12-13-24(19)15-16-8-4-2-5-9-16/h2-14H,15H2,1H3,(H,23,25)/b18-14+. The van der Waals surface area contributed by atoms with E-state index in [1.54, 1.807) is 36.7 Å². The van der Waals surface area contributed by atoms with Gasteiger partial charge in [0.1, 0.15) is 11.4 Å². The molecule has 0 spiro atoms. The highest BCUT2D eigenvalue weighted by Crippen LogP contribution is 2.16. The van der Waals surface area contributed by atoms with Crippen LogP contribution >= 0.6 is 0 Å². The van der Waals surface area contributed by atoms with Crippen LogP contribution in [0.25, 0.3) is 5.57 Å². The maximum absolute atomic E-state index is 12.3. The molecule has 0 fully saturated rings. The van der Waals surface area contributed by atoms with E-state index in [-0.39, 0.29) is 11.5 Å². The van der Waals surface area contributed by atoms with Crippen LogP contribution in [0.15, 0.2) is 79.3 Å². The Morgan fingerprint density at radius 1 is 1.07 bits per heavy atom. The zero-order valence-electron chi connectivity index (χ0n) is 14.8. The second kappa shape index (κ2) is 8.62. The summed E-state index contributed by atoms with van der Waals surface area (Å²) in [5, 5.41) is 2.64. The number of carbonyl (C=O) groups excluding carboxylic acids is 2. The minimum atomic E-state index is -0.580. The normalized spacial score (nSPS) is 11.1. The first-order chi connectivity index (χ1) is 13.2. The van der Waals surface area contributed by atoms with Crippen molar-refractivity contribution >= 4 is 17.4 Å². The van der Waals surface area contributed by atoms with Crippen molar-refractivity contribution in [2.24, 2.45) is 0 Å². The molecular weight excluding hydrogens is 342 g/mol. The Morgan fingerprint density at radius 3 is 2.41 bits per heavy atom. The van der Waals surface area contributed by atoms with Gasteiger partial charge in [-0.05, 0) is 17.7 Å². The SMILES string of the molecule is COC(=O)/C(=C/NC(=O)c1ccccc1)c1nccn1Cc1ccccc1. The van der Waals surface area contributed by atoms with Crippen LogP contribution in [0.3, 0.4) is 0 Å². The van der Waals surface area contributed by atoms with Gasteiger partial charge in [0.15, 0.2) is 0 Å². The molecule has 0 aliphatic heterocycles. The van der Waals surface area contributed by atoms with Crippen molar-refractivity contribution in [3.63, 3.8) is 0 Å². The van der Waals surface area contributed by atoms with Crippen molar-refractivity contribution in [2.75, 3.05) is 7.11 Å². The largest absolute Gasteiger partial charge is 0.465 e. The Labute approximate surface area is 157 Å². The van der Waals surface area contributed by atoms with Gasteiger partial charge >= 0.3 is 5.97 Å². The van der Waals surface area contributed by atoms with Crippen molar-refractivity contribution < 1.29 is 14.3 Å². The van der Waals surface area contributed by atoms with Gasteiger partial charge in [0.2, 0.25) is 0 Å². The Bertz CT molecular complexity index is 947. The lowest BCUT2D eigenvalue weighted by molar-refractivity contribution is -0.133. The number of hydrogen-bond acceptors (Lipinski definition) is 4. The zero-order valence-corrected chi connectivity index (χ0v) is 14.8. The second-order valence-corrected chi connectivity index (χ2v) is 5.75. The Morgan fingerprint density at radius 2 is 1.74 bits per heavy atom. The van der Waals surface area contributed by atoms with Crippen molar-refractivity contribution in [1.29, 1.82) is 0 Å². The number of rotatable bonds is 6. The monoisotopic (exact) mass is 361 g/mol. The molecule has 3 rings (SSSR count). The molecule has 2 aromatic carbocycles. The number of ether oxygens (including phenoxy) is 1. The Kier molecular flexibility index (Phi) is 5.79. The van der Waals surface area contributed by atoms with Crippen molar-refractivity contribution in [2.45, 2.75) is 6.54 Å². The first-order valence-electron chi connectivity index (χ1n) is 8.39. The fraction of sp³-hybridized carbons (Fsp3) is 0.0952. The van der Waals surface area contributed by atoms with E-state index in [1.807, 2.05) is 41.0 Å². The molecule has 1 heterocycles. The number of aromatic nitrogens is 2. The third kappa shape index (κ3) is 4.49. The van der Waals surface area contributed by atoms with Crippen LogP contribution in [0.1, 0.15) is 21.7 Å². The van der Waals surface area contributed by atoms with E-state index in [0.29, 0.717) is 17.9 Å². The fourth-order valence-corrected chi connectivity index (χ4v) is 2.60. The molecule has 0 radical (unpaired) electrons. The molecule has 1 N–H and O–H groups in total. The van der Waals surface area contributed by atoms with Crippen molar-refractivity contribution in [3.8, 4) is 0 Å². The average molecular weight is 361 g/mol. The van der Waals surface area contributed by atoms with Crippen LogP contribution in [-0.4, -0.2) is 28.5 Å². The summed E-state index contributed by atoms with van der Waals surface area (Å²) in [5.74, 6) is -0.485. The molecule has 0 aliphatic carbocycles. The number of nitrogens with zero attached hydrogens (tertiary/aromatic N) is 2. The average Bonchev–Trinajstić information content (AvgIpc) is 3.17. The van der Waals surface area contributed by atoms with E-state index in [1.165, 1.54) is 13.3 Å². The van der Waals surface area contributed by atoms with Gasteiger partial charge < -0.3 is 14.6 Å². The van der Waals surface area contributed by atoms with Gasteiger partial charge in [0.05, 0.1) is 7.11 Å². The van der Waals surface area contributed by atoms with Crippen LogP contribution in [0.2, 0.25) is 0 Å². The summed E-state index contributed by atoms with van der Waals surface area (Å²) in [5.41, 5.74) is 1.72. The van der Waals surface area contributed by atoms with E-state index >= 15 is 0 Å². The molecule has 0 atom stereocenters. The summed E-state index contributed by atoms with van der Waals surface area (Å²) >= 11 is 0. The third-order valence-corrected chi connectivity index (χ3v) is 3.94. The smallest absolute Gasteiger partial charge is 0.343 e. The molecule has 0 saturated carbocycles. The van der Waals surface area contributed by atoms with E-state index < -0.39 is 5.97 Å². The summed E-state index contributed by atoms with van der Waals surface area (Å²) in [6.45, 7) is 0.539.